The van der Waals surface area contributed by atoms with Crippen molar-refractivity contribution in [3.05, 3.63) is 179 Å². The van der Waals surface area contributed by atoms with Crippen LogP contribution in [-0.4, -0.2) is 24.0 Å². The first-order valence-corrected chi connectivity index (χ1v) is 19.1. The maximum absolute atomic E-state index is 13.2. The zero-order valence-electron chi connectivity index (χ0n) is 32.3. The molecule has 6 aromatic rings. The summed E-state index contributed by atoms with van der Waals surface area (Å²) in [6, 6.07) is 49.0. The van der Waals surface area contributed by atoms with Gasteiger partial charge in [-0.05, 0) is 119 Å². The van der Waals surface area contributed by atoms with Crippen molar-refractivity contribution in [3.8, 4) is 22.6 Å². The van der Waals surface area contributed by atoms with Crippen LogP contribution in [0.25, 0.3) is 11.1 Å². The number of anilines is 2. The average molecular weight is 729 g/mol. The Morgan fingerprint density at radius 1 is 0.455 bits per heavy atom. The molecule has 6 nitrogen and oxygen atoms in total. The second kappa shape index (κ2) is 15.7. The summed E-state index contributed by atoms with van der Waals surface area (Å²) in [5.74, 6) is 1.70. The number of carbonyl (C=O) groups excluding carboxylic acids is 2. The molecule has 2 amide bonds. The molecule has 0 radical (unpaired) electrons. The number of nitrogens with one attached hydrogen (secondary N) is 2. The van der Waals surface area contributed by atoms with Crippen LogP contribution in [0.15, 0.2) is 146 Å². The number of amides is 2. The van der Waals surface area contributed by atoms with Gasteiger partial charge in [-0.2, -0.15) is 0 Å². The molecule has 0 fully saturated rings. The lowest BCUT2D eigenvalue weighted by Crippen LogP contribution is -2.31. The van der Waals surface area contributed by atoms with Gasteiger partial charge in [-0.1, -0.05) is 125 Å². The topological polar surface area (TPSA) is 76.7 Å². The smallest absolute Gasteiger partial charge is 0.265 e. The Balaban J connectivity index is 1.14. The summed E-state index contributed by atoms with van der Waals surface area (Å²) in [5, 5.41) is 6.08. The summed E-state index contributed by atoms with van der Waals surface area (Å²) in [5.41, 5.74) is 9.95. The van der Waals surface area contributed by atoms with Gasteiger partial charge < -0.3 is 20.1 Å². The molecule has 0 spiro atoms. The van der Waals surface area contributed by atoms with E-state index in [1.165, 1.54) is 33.4 Å². The summed E-state index contributed by atoms with van der Waals surface area (Å²) in [6.45, 7) is 12.1. The van der Waals surface area contributed by atoms with Crippen LogP contribution in [0.1, 0.15) is 86.8 Å². The highest BCUT2D eigenvalue weighted by atomic mass is 16.5. The number of hydrogen-bond acceptors (Lipinski definition) is 4. The van der Waals surface area contributed by atoms with E-state index in [4.69, 9.17) is 9.47 Å². The third kappa shape index (κ3) is 7.50. The highest BCUT2D eigenvalue weighted by Crippen LogP contribution is 2.56. The molecule has 0 aromatic heterocycles. The lowest BCUT2D eigenvalue weighted by atomic mass is 9.67. The van der Waals surface area contributed by atoms with Gasteiger partial charge in [0.05, 0.1) is 5.41 Å². The van der Waals surface area contributed by atoms with Crippen molar-refractivity contribution in [2.45, 2.75) is 71.0 Å². The first kappa shape index (κ1) is 37.2. The second-order valence-corrected chi connectivity index (χ2v) is 14.9. The van der Waals surface area contributed by atoms with Crippen molar-refractivity contribution >= 4 is 23.2 Å². The van der Waals surface area contributed by atoms with Gasteiger partial charge in [-0.25, -0.2) is 0 Å². The van der Waals surface area contributed by atoms with E-state index in [0.717, 1.165) is 11.1 Å². The van der Waals surface area contributed by atoms with Crippen LogP contribution in [0.5, 0.6) is 11.5 Å². The SMILES string of the molecule is CC(Oc1ccc(C(C)C)cc1)C(=O)Nc1ccc(C2(c3ccc(NC(=O)C(C)Oc4ccc(C(C)C)cc4)cc3)c3ccccc3-c3ccccc32)cc1. The van der Waals surface area contributed by atoms with Crippen molar-refractivity contribution in [1.82, 2.24) is 0 Å². The average Bonchev–Trinajstić information content (AvgIpc) is 3.50. The first-order chi connectivity index (χ1) is 26.5. The van der Waals surface area contributed by atoms with Crippen LogP contribution in [0.4, 0.5) is 11.4 Å². The molecule has 0 bridgehead atoms. The van der Waals surface area contributed by atoms with E-state index < -0.39 is 17.6 Å². The van der Waals surface area contributed by atoms with E-state index in [1.54, 1.807) is 13.8 Å². The Hall–Kier alpha value is -6.14. The van der Waals surface area contributed by atoms with Crippen LogP contribution >= 0.6 is 0 Å². The van der Waals surface area contributed by atoms with Gasteiger partial charge in [-0.15, -0.1) is 0 Å². The molecular weight excluding hydrogens is 681 g/mol. The zero-order chi connectivity index (χ0) is 38.7. The molecule has 0 saturated carbocycles. The summed E-state index contributed by atoms with van der Waals surface area (Å²) < 4.78 is 12.0. The molecule has 1 aliphatic rings. The van der Waals surface area contributed by atoms with Crippen molar-refractivity contribution in [2.24, 2.45) is 0 Å². The van der Waals surface area contributed by atoms with E-state index in [0.29, 0.717) is 34.7 Å². The highest BCUT2D eigenvalue weighted by Gasteiger charge is 2.45. The number of carbonyl (C=O) groups is 2. The minimum Gasteiger partial charge on any atom is -0.481 e. The summed E-state index contributed by atoms with van der Waals surface area (Å²) >= 11 is 0. The van der Waals surface area contributed by atoms with Crippen LogP contribution in [-0.2, 0) is 15.0 Å². The van der Waals surface area contributed by atoms with Crippen LogP contribution in [0, 0.1) is 0 Å². The molecule has 0 aliphatic heterocycles. The third-order valence-corrected chi connectivity index (χ3v) is 10.6. The Kier molecular flexibility index (Phi) is 10.6. The van der Waals surface area contributed by atoms with Crippen molar-refractivity contribution < 1.29 is 19.1 Å². The maximum atomic E-state index is 13.2. The fraction of sp³-hybridized carbons (Fsp3) is 0.224. The molecule has 55 heavy (non-hydrogen) atoms. The lowest BCUT2D eigenvalue weighted by Gasteiger charge is -2.34. The lowest BCUT2D eigenvalue weighted by molar-refractivity contribution is -0.122. The molecule has 2 atom stereocenters. The van der Waals surface area contributed by atoms with Gasteiger partial charge in [0, 0.05) is 11.4 Å². The fourth-order valence-electron chi connectivity index (χ4n) is 7.50. The normalized spacial score (nSPS) is 13.7. The monoisotopic (exact) mass is 728 g/mol. The Bertz CT molecular complexity index is 2110. The molecule has 6 heteroatoms. The van der Waals surface area contributed by atoms with E-state index >= 15 is 0 Å². The fourth-order valence-corrected chi connectivity index (χ4v) is 7.50. The van der Waals surface area contributed by atoms with Gasteiger partial charge in [-0.3, -0.25) is 9.59 Å². The molecule has 2 unspecified atom stereocenters. The van der Waals surface area contributed by atoms with E-state index in [1.807, 2.05) is 72.8 Å². The number of hydrogen-bond donors (Lipinski definition) is 2. The molecule has 2 N–H and O–H groups in total. The van der Waals surface area contributed by atoms with Gasteiger partial charge in [0.25, 0.3) is 11.8 Å². The van der Waals surface area contributed by atoms with Crippen molar-refractivity contribution in [2.75, 3.05) is 10.6 Å². The molecule has 0 saturated heterocycles. The predicted octanol–water partition coefficient (Wildman–Crippen LogP) is 11.1. The molecule has 1 aliphatic carbocycles. The quantitative estimate of drug-likeness (QED) is 0.131. The van der Waals surface area contributed by atoms with Gasteiger partial charge in [0.15, 0.2) is 12.2 Å². The van der Waals surface area contributed by atoms with Crippen LogP contribution in [0.3, 0.4) is 0 Å². The van der Waals surface area contributed by atoms with Gasteiger partial charge >= 0.3 is 0 Å². The third-order valence-electron chi connectivity index (χ3n) is 10.6. The number of rotatable bonds is 12. The minimum atomic E-state index is -0.686. The number of benzene rings is 6. The Labute approximate surface area is 324 Å². The number of fused-ring (bicyclic) bond motifs is 3. The molecular formula is C49H48N2O4. The van der Waals surface area contributed by atoms with E-state index in [2.05, 4.69) is 111 Å². The largest absolute Gasteiger partial charge is 0.481 e. The maximum Gasteiger partial charge on any atom is 0.265 e. The van der Waals surface area contributed by atoms with Gasteiger partial charge in [0.2, 0.25) is 0 Å². The summed E-state index contributed by atoms with van der Waals surface area (Å²) in [7, 11) is 0. The van der Waals surface area contributed by atoms with E-state index in [9.17, 15) is 9.59 Å². The van der Waals surface area contributed by atoms with E-state index in [-0.39, 0.29) is 11.8 Å². The molecule has 7 rings (SSSR count). The van der Waals surface area contributed by atoms with Crippen LogP contribution < -0.4 is 20.1 Å². The van der Waals surface area contributed by atoms with Crippen molar-refractivity contribution in [1.29, 1.82) is 0 Å². The first-order valence-electron chi connectivity index (χ1n) is 19.1. The zero-order valence-corrected chi connectivity index (χ0v) is 32.3. The van der Waals surface area contributed by atoms with Crippen molar-refractivity contribution in [3.63, 3.8) is 0 Å². The molecule has 278 valence electrons. The molecule has 6 aromatic carbocycles. The summed E-state index contributed by atoms with van der Waals surface area (Å²) in [6.07, 6.45) is -1.37. The standard InChI is InChI=1S/C49H48N2O4/c1-31(2)35-15-27-41(28-16-35)54-33(5)47(52)50-39-23-19-37(20-24-39)49(45-13-9-7-11-43(45)44-12-8-10-14-46(44)49)38-21-25-40(26-22-38)51-48(53)34(6)55-42-29-17-36(18-30-42)32(3)4/h7-34H,1-6H3,(H,50,52)(H,51,53). The predicted molar refractivity (Wildman–Crippen MR) is 222 cm³/mol. The second-order valence-electron chi connectivity index (χ2n) is 14.9. The van der Waals surface area contributed by atoms with Crippen LogP contribution in [0.2, 0.25) is 0 Å². The Morgan fingerprint density at radius 2 is 0.800 bits per heavy atom. The van der Waals surface area contributed by atoms with Gasteiger partial charge in [0.1, 0.15) is 11.5 Å². The summed E-state index contributed by atoms with van der Waals surface area (Å²) in [4.78, 5) is 26.5. The minimum absolute atomic E-state index is 0.228. The number of ether oxygens (including phenoxy) is 2. The molecule has 0 heterocycles. The Morgan fingerprint density at radius 3 is 1.15 bits per heavy atom. The highest BCUT2D eigenvalue weighted by molar-refractivity contribution is 5.95.